The summed E-state index contributed by atoms with van der Waals surface area (Å²) in [6.45, 7) is 7.47. The molecule has 31 heavy (non-hydrogen) atoms. The largest absolute Gasteiger partial charge is 0.366 e. The van der Waals surface area contributed by atoms with Gasteiger partial charge >= 0.3 is 0 Å². The van der Waals surface area contributed by atoms with Gasteiger partial charge < -0.3 is 5.32 Å². The third-order valence-corrected chi connectivity index (χ3v) is 7.07. The minimum atomic E-state index is 0.505. The molecule has 7 heteroatoms. The maximum absolute atomic E-state index is 4.56. The van der Waals surface area contributed by atoms with E-state index in [0.29, 0.717) is 11.5 Å². The summed E-state index contributed by atoms with van der Waals surface area (Å²) >= 11 is 0. The Morgan fingerprint density at radius 2 is 1.90 bits per heavy atom. The van der Waals surface area contributed by atoms with Gasteiger partial charge in [-0.3, -0.25) is 14.6 Å². The monoisotopic (exact) mass is 417 g/mol. The standard InChI is InChI=1S/C24H31N7/c1-17-5-4-10-25-22(17)16-31-11-8-24(9-12-31)13-19(14-24)26-23-7-6-21(27-28-23)20-15-30(3)29-18(20)2/h4-7,10,15,19H,8-9,11-14,16H2,1-3H3,(H,26,28). The van der Waals surface area contributed by atoms with E-state index in [9.17, 15) is 0 Å². The number of hydrogen-bond acceptors (Lipinski definition) is 6. The second-order valence-electron chi connectivity index (χ2n) is 9.40. The molecule has 0 unspecified atom stereocenters. The Kier molecular flexibility index (Phi) is 5.22. The number of nitrogens with zero attached hydrogens (tertiary/aromatic N) is 6. The van der Waals surface area contributed by atoms with Gasteiger partial charge in [0, 0.05) is 37.6 Å². The van der Waals surface area contributed by atoms with Crippen LogP contribution in [0, 0.1) is 19.3 Å². The van der Waals surface area contributed by atoms with Crippen molar-refractivity contribution in [1.29, 1.82) is 0 Å². The summed E-state index contributed by atoms with van der Waals surface area (Å²) in [5.74, 6) is 0.869. The van der Waals surface area contributed by atoms with E-state index < -0.39 is 0 Å². The Labute approximate surface area is 183 Å². The number of nitrogens with one attached hydrogen (secondary N) is 1. The number of hydrogen-bond donors (Lipinski definition) is 1. The van der Waals surface area contributed by atoms with Gasteiger partial charge in [0.1, 0.15) is 5.82 Å². The van der Waals surface area contributed by atoms with Gasteiger partial charge in [0.2, 0.25) is 0 Å². The van der Waals surface area contributed by atoms with Crippen LogP contribution in [-0.4, -0.2) is 49.0 Å². The fraction of sp³-hybridized carbons (Fsp3) is 0.500. The lowest BCUT2D eigenvalue weighted by atomic mass is 9.60. The van der Waals surface area contributed by atoms with Crippen LogP contribution in [0.3, 0.4) is 0 Å². The van der Waals surface area contributed by atoms with Crippen LogP contribution in [0.4, 0.5) is 5.82 Å². The minimum Gasteiger partial charge on any atom is -0.366 e. The van der Waals surface area contributed by atoms with Gasteiger partial charge in [-0.1, -0.05) is 6.07 Å². The number of likely N-dealkylation sites (tertiary alicyclic amines) is 1. The van der Waals surface area contributed by atoms with Crippen LogP contribution in [0.5, 0.6) is 0 Å². The molecular weight excluding hydrogens is 386 g/mol. The number of anilines is 1. The number of piperidine rings is 1. The van der Waals surface area contributed by atoms with E-state index in [-0.39, 0.29) is 0 Å². The molecule has 5 rings (SSSR count). The molecule has 2 fully saturated rings. The third-order valence-electron chi connectivity index (χ3n) is 7.07. The van der Waals surface area contributed by atoms with Crippen molar-refractivity contribution in [2.24, 2.45) is 12.5 Å². The van der Waals surface area contributed by atoms with E-state index in [0.717, 1.165) is 29.3 Å². The van der Waals surface area contributed by atoms with Crippen molar-refractivity contribution in [3.05, 3.63) is 53.6 Å². The molecular formula is C24H31N7. The first kappa shape index (κ1) is 20.1. The van der Waals surface area contributed by atoms with Gasteiger partial charge in [-0.15, -0.1) is 10.2 Å². The van der Waals surface area contributed by atoms with Crippen molar-refractivity contribution in [3.63, 3.8) is 0 Å². The molecule has 3 aromatic heterocycles. The highest BCUT2D eigenvalue weighted by molar-refractivity contribution is 5.61. The average Bonchev–Trinajstić information content (AvgIpc) is 3.08. The highest BCUT2D eigenvalue weighted by Crippen LogP contribution is 2.50. The fourth-order valence-electron chi connectivity index (χ4n) is 5.19. The normalized spacial score (nSPS) is 18.8. The van der Waals surface area contributed by atoms with E-state index in [1.807, 2.05) is 49.2 Å². The number of rotatable bonds is 5. The maximum Gasteiger partial charge on any atom is 0.148 e. The minimum absolute atomic E-state index is 0.505. The summed E-state index contributed by atoms with van der Waals surface area (Å²) in [6, 6.07) is 8.75. The van der Waals surface area contributed by atoms with Crippen LogP contribution in [0.1, 0.15) is 42.6 Å². The van der Waals surface area contributed by atoms with Crippen LogP contribution in [0.15, 0.2) is 36.7 Å². The smallest absolute Gasteiger partial charge is 0.148 e. The van der Waals surface area contributed by atoms with Crippen molar-refractivity contribution in [2.45, 2.75) is 52.1 Å². The SMILES string of the molecule is Cc1cccnc1CN1CCC2(CC1)CC(Nc1ccc(-c3cn(C)nc3C)nn1)C2. The van der Waals surface area contributed by atoms with E-state index >= 15 is 0 Å². The molecule has 1 N–H and O–H groups in total. The van der Waals surface area contributed by atoms with Gasteiger partial charge in [-0.05, 0) is 81.8 Å². The summed E-state index contributed by atoms with van der Waals surface area (Å²) in [7, 11) is 1.93. The van der Waals surface area contributed by atoms with Gasteiger partial charge in [-0.25, -0.2) is 0 Å². The van der Waals surface area contributed by atoms with Gasteiger partial charge in [0.05, 0.1) is 17.1 Å². The molecule has 0 radical (unpaired) electrons. The lowest BCUT2D eigenvalue weighted by Gasteiger charge is -2.52. The van der Waals surface area contributed by atoms with E-state index in [2.05, 4.69) is 43.5 Å². The molecule has 0 atom stereocenters. The molecule has 1 spiro atoms. The second-order valence-corrected chi connectivity index (χ2v) is 9.40. The molecule has 1 aliphatic heterocycles. The Morgan fingerprint density at radius 3 is 2.55 bits per heavy atom. The second kappa shape index (κ2) is 8.04. The molecule has 4 heterocycles. The molecule has 7 nitrogen and oxygen atoms in total. The third kappa shape index (κ3) is 4.19. The first-order valence-electron chi connectivity index (χ1n) is 11.2. The molecule has 162 valence electrons. The first-order valence-corrected chi connectivity index (χ1v) is 11.2. The Morgan fingerprint density at radius 1 is 1.10 bits per heavy atom. The Hall–Kier alpha value is -2.80. The van der Waals surface area contributed by atoms with Crippen LogP contribution < -0.4 is 5.32 Å². The van der Waals surface area contributed by atoms with Crippen molar-refractivity contribution < 1.29 is 0 Å². The van der Waals surface area contributed by atoms with Crippen LogP contribution in [-0.2, 0) is 13.6 Å². The summed E-state index contributed by atoms with van der Waals surface area (Å²) in [6.07, 6.45) is 8.92. The summed E-state index contributed by atoms with van der Waals surface area (Å²) in [5.41, 5.74) is 5.90. The predicted octanol–water partition coefficient (Wildman–Crippen LogP) is 3.75. The van der Waals surface area contributed by atoms with Crippen molar-refractivity contribution in [3.8, 4) is 11.3 Å². The Bertz CT molecular complexity index is 1040. The lowest BCUT2D eigenvalue weighted by Crippen LogP contribution is -2.51. The maximum atomic E-state index is 4.56. The van der Waals surface area contributed by atoms with Crippen LogP contribution in [0.25, 0.3) is 11.3 Å². The van der Waals surface area contributed by atoms with Crippen molar-refractivity contribution >= 4 is 5.82 Å². The van der Waals surface area contributed by atoms with E-state index in [1.54, 1.807) is 0 Å². The summed E-state index contributed by atoms with van der Waals surface area (Å²) < 4.78 is 1.81. The average molecular weight is 418 g/mol. The molecule has 0 amide bonds. The molecule has 2 aliphatic rings. The van der Waals surface area contributed by atoms with Gasteiger partial charge in [-0.2, -0.15) is 5.10 Å². The highest BCUT2D eigenvalue weighted by Gasteiger charge is 2.45. The Balaban J connectivity index is 1.11. The zero-order valence-electron chi connectivity index (χ0n) is 18.7. The molecule has 0 aromatic carbocycles. The van der Waals surface area contributed by atoms with E-state index in [1.165, 1.54) is 50.0 Å². The summed E-state index contributed by atoms with van der Waals surface area (Å²) in [4.78, 5) is 7.13. The summed E-state index contributed by atoms with van der Waals surface area (Å²) in [5, 5.41) is 16.8. The van der Waals surface area contributed by atoms with Crippen molar-refractivity contribution in [2.75, 3.05) is 18.4 Å². The quantitative estimate of drug-likeness (QED) is 0.682. The zero-order valence-corrected chi connectivity index (χ0v) is 18.7. The van der Waals surface area contributed by atoms with Crippen LogP contribution >= 0.6 is 0 Å². The fourth-order valence-corrected chi connectivity index (χ4v) is 5.19. The molecule has 0 bridgehead atoms. The predicted molar refractivity (Wildman–Crippen MR) is 122 cm³/mol. The van der Waals surface area contributed by atoms with E-state index in [4.69, 9.17) is 0 Å². The number of pyridine rings is 1. The highest BCUT2D eigenvalue weighted by atomic mass is 15.3. The lowest BCUT2D eigenvalue weighted by molar-refractivity contribution is 0.0205. The molecule has 1 saturated heterocycles. The first-order chi connectivity index (χ1) is 15.0. The van der Waals surface area contributed by atoms with Crippen LogP contribution in [0.2, 0.25) is 0 Å². The number of aromatic nitrogens is 5. The van der Waals surface area contributed by atoms with Crippen molar-refractivity contribution in [1.82, 2.24) is 29.9 Å². The zero-order chi connectivity index (χ0) is 21.4. The topological polar surface area (TPSA) is 71.8 Å². The van der Waals surface area contributed by atoms with Gasteiger partial charge in [0.15, 0.2) is 0 Å². The number of aryl methyl sites for hydroxylation is 3. The molecule has 1 saturated carbocycles. The van der Waals surface area contributed by atoms with Gasteiger partial charge in [0.25, 0.3) is 0 Å². The molecule has 3 aromatic rings. The molecule has 1 aliphatic carbocycles.